The Bertz CT molecular complexity index is 794. The number of rotatable bonds is 2. The fourth-order valence-electron chi connectivity index (χ4n) is 3.15. The van der Waals surface area contributed by atoms with Crippen LogP contribution in [-0.2, 0) is 6.42 Å². The van der Waals surface area contributed by atoms with Crippen LogP contribution in [0.4, 0.5) is 5.82 Å². The molecule has 1 aliphatic carbocycles. The molecule has 1 aromatic carbocycles. The van der Waals surface area contributed by atoms with E-state index in [1.807, 2.05) is 18.3 Å². The molecule has 3 nitrogen and oxygen atoms in total. The zero-order valence-corrected chi connectivity index (χ0v) is 12.8. The first-order valence-electron chi connectivity index (χ1n) is 7.38. The molecule has 1 atom stereocenters. The van der Waals surface area contributed by atoms with Crippen molar-refractivity contribution in [2.75, 3.05) is 5.32 Å². The van der Waals surface area contributed by atoms with E-state index in [9.17, 15) is 0 Å². The number of fused-ring (bicyclic) bond motifs is 2. The average molecular weight is 295 g/mol. The summed E-state index contributed by atoms with van der Waals surface area (Å²) in [5.74, 6) is 0.903. The Morgan fingerprint density at radius 2 is 2.00 bits per heavy atom. The second-order valence-corrected chi connectivity index (χ2v) is 6.57. The molecule has 1 unspecified atom stereocenters. The smallest absolute Gasteiger partial charge is 0.157 e. The number of nitrogens with one attached hydrogen (secondary N) is 1. The van der Waals surface area contributed by atoms with Crippen LogP contribution in [0.25, 0.3) is 10.8 Å². The topological polar surface area (TPSA) is 37.8 Å². The number of aromatic nitrogens is 2. The molecule has 21 heavy (non-hydrogen) atoms. The molecule has 0 saturated carbocycles. The standard InChI is InChI=1S/C17H17N3S/c1-11-12-5-2-3-6-13(12)17(20-19-11)18-15-7-4-8-16-14(15)9-10-21-16/h2-3,5-6,9-10,15H,4,7-8H2,1H3,(H,18,20). The van der Waals surface area contributed by atoms with Crippen LogP contribution in [0.1, 0.15) is 35.0 Å². The maximum Gasteiger partial charge on any atom is 0.157 e. The van der Waals surface area contributed by atoms with Gasteiger partial charge in [0.1, 0.15) is 0 Å². The van der Waals surface area contributed by atoms with Gasteiger partial charge < -0.3 is 5.32 Å². The quantitative estimate of drug-likeness (QED) is 0.757. The van der Waals surface area contributed by atoms with Gasteiger partial charge in [0.05, 0.1) is 11.7 Å². The third-order valence-electron chi connectivity index (χ3n) is 4.23. The lowest BCUT2D eigenvalue weighted by Crippen LogP contribution is -2.17. The van der Waals surface area contributed by atoms with Crippen molar-refractivity contribution in [3.05, 3.63) is 51.8 Å². The fraction of sp³-hybridized carbons (Fsp3) is 0.294. The molecule has 0 spiro atoms. The highest BCUT2D eigenvalue weighted by atomic mass is 32.1. The van der Waals surface area contributed by atoms with Gasteiger partial charge >= 0.3 is 0 Å². The van der Waals surface area contributed by atoms with Gasteiger partial charge in [-0.3, -0.25) is 0 Å². The molecule has 3 aromatic rings. The van der Waals surface area contributed by atoms with Crippen molar-refractivity contribution < 1.29 is 0 Å². The van der Waals surface area contributed by atoms with Crippen LogP contribution in [0.15, 0.2) is 35.7 Å². The van der Waals surface area contributed by atoms with Crippen molar-refractivity contribution in [2.24, 2.45) is 0 Å². The van der Waals surface area contributed by atoms with Gasteiger partial charge in [0, 0.05) is 15.6 Å². The molecule has 0 bridgehead atoms. The highest BCUT2D eigenvalue weighted by molar-refractivity contribution is 7.10. The van der Waals surface area contributed by atoms with E-state index in [1.54, 1.807) is 0 Å². The van der Waals surface area contributed by atoms with Gasteiger partial charge in [-0.15, -0.1) is 16.4 Å². The van der Waals surface area contributed by atoms with Gasteiger partial charge in [0.25, 0.3) is 0 Å². The molecule has 0 radical (unpaired) electrons. The van der Waals surface area contributed by atoms with Crippen molar-refractivity contribution in [2.45, 2.75) is 32.2 Å². The number of nitrogens with zero attached hydrogens (tertiary/aromatic N) is 2. The molecule has 0 saturated heterocycles. The fourth-order valence-corrected chi connectivity index (χ4v) is 4.13. The Morgan fingerprint density at radius 3 is 2.90 bits per heavy atom. The molecule has 4 heteroatoms. The van der Waals surface area contributed by atoms with Gasteiger partial charge in [-0.25, -0.2) is 0 Å². The van der Waals surface area contributed by atoms with Crippen molar-refractivity contribution in [1.82, 2.24) is 10.2 Å². The van der Waals surface area contributed by atoms with Crippen LogP contribution in [0.2, 0.25) is 0 Å². The number of aryl methyl sites for hydroxylation is 2. The molecule has 1 aliphatic rings. The summed E-state index contributed by atoms with van der Waals surface area (Å²) in [6.07, 6.45) is 3.61. The first kappa shape index (κ1) is 12.8. The molecule has 106 valence electrons. The minimum absolute atomic E-state index is 0.361. The minimum atomic E-state index is 0.361. The van der Waals surface area contributed by atoms with E-state index in [-0.39, 0.29) is 0 Å². The number of benzene rings is 1. The highest BCUT2D eigenvalue weighted by Gasteiger charge is 2.22. The number of hydrogen-bond donors (Lipinski definition) is 1. The lowest BCUT2D eigenvalue weighted by Gasteiger charge is -2.24. The Kier molecular flexibility index (Phi) is 3.11. The minimum Gasteiger partial charge on any atom is -0.361 e. The Morgan fingerprint density at radius 1 is 1.14 bits per heavy atom. The van der Waals surface area contributed by atoms with Gasteiger partial charge in [0.15, 0.2) is 5.82 Å². The molecular weight excluding hydrogens is 278 g/mol. The summed E-state index contributed by atoms with van der Waals surface area (Å²) in [6.45, 7) is 2.01. The zero-order chi connectivity index (χ0) is 14.2. The normalized spacial score (nSPS) is 17.7. The zero-order valence-electron chi connectivity index (χ0n) is 12.0. The van der Waals surface area contributed by atoms with Crippen LogP contribution in [0.5, 0.6) is 0 Å². The molecule has 2 aromatic heterocycles. The van der Waals surface area contributed by atoms with E-state index in [2.05, 4.69) is 51.2 Å². The predicted molar refractivity (Wildman–Crippen MR) is 87.9 cm³/mol. The highest BCUT2D eigenvalue weighted by Crippen LogP contribution is 2.36. The summed E-state index contributed by atoms with van der Waals surface area (Å²) in [5.41, 5.74) is 2.42. The summed E-state index contributed by atoms with van der Waals surface area (Å²) < 4.78 is 0. The van der Waals surface area contributed by atoms with E-state index in [4.69, 9.17) is 0 Å². The third kappa shape index (κ3) is 2.20. The Balaban J connectivity index is 1.75. The monoisotopic (exact) mass is 295 g/mol. The largest absolute Gasteiger partial charge is 0.361 e. The van der Waals surface area contributed by atoms with Crippen LogP contribution in [-0.4, -0.2) is 10.2 Å². The molecule has 1 N–H and O–H groups in total. The van der Waals surface area contributed by atoms with Gasteiger partial charge in [-0.2, -0.15) is 5.10 Å². The molecule has 0 aliphatic heterocycles. The number of anilines is 1. The number of hydrogen-bond acceptors (Lipinski definition) is 4. The van der Waals surface area contributed by atoms with Crippen molar-refractivity contribution in [3.8, 4) is 0 Å². The van der Waals surface area contributed by atoms with Crippen LogP contribution < -0.4 is 5.32 Å². The molecule has 0 fully saturated rings. The number of thiophene rings is 1. The molecule has 4 rings (SSSR count). The Hall–Kier alpha value is -1.94. The summed E-state index contributed by atoms with van der Waals surface area (Å²) in [4.78, 5) is 1.52. The van der Waals surface area contributed by atoms with Gasteiger partial charge in [0.2, 0.25) is 0 Å². The summed E-state index contributed by atoms with van der Waals surface area (Å²) in [5, 5.41) is 16.9. The van der Waals surface area contributed by atoms with E-state index in [1.165, 1.54) is 28.7 Å². The van der Waals surface area contributed by atoms with E-state index >= 15 is 0 Å². The van der Waals surface area contributed by atoms with E-state index in [0.717, 1.165) is 23.3 Å². The first-order valence-corrected chi connectivity index (χ1v) is 8.26. The summed E-state index contributed by atoms with van der Waals surface area (Å²) in [7, 11) is 0. The third-order valence-corrected chi connectivity index (χ3v) is 5.23. The van der Waals surface area contributed by atoms with Gasteiger partial charge in [-0.05, 0) is 43.2 Å². The van der Waals surface area contributed by atoms with Crippen molar-refractivity contribution >= 4 is 27.9 Å². The van der Waals surface area contributed by atoms with E-state index in [0.29, 0.717) is 6.04 Å². The van der Waals surface area contributed by atoms with Crippen LogP contribution in [0.3, 0.4) is 0 Å². The predicted octanol–water partition coefficient (Wildman–Crippen LogP) is 4.49. The van der Waals surface area contributed by atoms with Gasteiger partial charge in [-0.1, -0.05) is 24.3 Å². The van der Waals surface area contributed by atoms with Crippen molar-refractivity contribution in [3.63, 3.8) is 0 Å². The Labute approximate surface area is 128 Å². The van der Waals surface area contributed by atoms with Crippen LogP contribution in [0, 0.1) is 6.92 Å². The first-order chi connectivity index (χ1) is 10.3. The molecule has 2 heterocycles. The lowest BCUT2D eigenvalue weighted by molar-refractivity contribution is 0.606. The second-order valence-electron chi connectivity index (χ2n) is 5.57. The summed E-state index contributed by atoms with van der Waals surface area (Å²) >= 11 is 1.87. The maximum atomic E-state index is 4.40. The average Bonchev–Trinajstić information content (AvgIpc) is 3.00. The van der Waals surface area contributed by atoms with Crippen molar-refractivity contribution in [1.29, 1.82) is 0 Å². The molecular formula is C17H17N3S. The molecule has 0 amide bonds. The second kappa shape index (κ2) is 5.11. The lowest BCUT2D eigenvalue weighted by atomic mass is 9.94. The maximum absolute atomic E-state index is 4.40. The van der Waals surface area contributed by atoms with Crippen LogP contribution >= 0.6 is 11.3 Å². The summed E-state index contributed by atoms with van der Waals surface area (Å²) in [6, 6.07) is 11.0. The SMILES string of the molecule is Cc1nnc(NC2CCCc3sccc32)c2ccccc12. The van der Waals surface area contributed by atoms with E-state index < -0.39 is 0 Å².